The van der Waals surface area contributed by atoms with Crippen LogP contribution in [0.3, 0.4) is 0 Å². The molecule has 0 atom stereocenters. The van der Waals surface area contributed by atoms with E-state index >= 15 is 0 Å². The molecule has 66 valence electrons. The van der Waals surface area contributed by atoms with Crippen molar-refractivity contribution in [2.75, 3.05) is 13.7 Å². The summed E-state index contributed by atoms with van der Waals surface area (Å²) in [7, 11) is 1.31. The molecule has 0 saturated carbocycles. The van der Waals surface area contributed by atoms with Gasteiger partial charge in [-0.3, -0.25) is 0 Å². The van der Waals surface area contributed by atoms with Gasteiger partial charge in [0, 0.05) is 6.54 Å². The Labute approximate surface area is 72.6 Å². The summed E-state index contributed by atoms with van der Waals surface area (Å²) in [5, 5.41) is 0. The molecule has 0 aliphatic rings. The van der Waals surface area contributed by atoms with Crippen molar-refractivity contribution >= 4 is 5.97 Å². The molecule has 0 amide bonds. The molecular formula is C9H13NO2. The maximum atomic E-state index is 10.9. The van der Waals surface area contributed by atoms with Crippen molar-refractivity contribution in [3.8, 4) is 0 Å². The highest BCUT2D eigenvalue weighted by atomic mass is 16.5. The third-order valence-corrected chi connectivity index (χ3v) is 1.31. The Morgan fingerprint density at radius 2 is 2.17 bits per heavy atom. The maximum Gasteiger partial charge on any atom is 0.354 e. The first-order valence-corrected chi connectivity index (χ1v) is 3.44. The minimum atomic E-state index is -0.461. The van der Waals surface area contributed by atoms with E-state index in [4.69, 9.17) is 0 Å². The van der Waals surface area contributed by atoms with Crippen molar-refractivity contribution in [1.82, 2.24) is 4.90 Å². The summed E-state index contributed by atoms with van der Waals surface area (Å²) >= 11 is 0. The molecule has 12 heavy (non-hydrogen) atoms. The monoisotopic (exact) mass is 167 g/mol. The first-order valence-electron chi connectivity index (χ1n) is 3.44. The second-order valence-electron chi connectivity index (χ2n) is 2.06. The number of rotatable bonds is 5. The Hall–Kier alpha value is -1.51. The number of hydrogen-bond donors (Lipinski definition) is 0. The Morgan fingerprint density at radius 3 is 2.50 bits per heavy atom. The van der Waals surface area contributed by atoms with Crippen LogP contribution in [0.15, 0.2) is 37.7 Å². The molecule has 0 radical (unpaired) electrons. The average molecular weight is 167 g/mol. The van der Waals surface area contributed by atoms with Gasteiger partial charge in [0.05, 0.1) is 7.11 Å². The summed E-state index contributed by atoms with van der Waals surface area (Å²) in [6, 6.07) is 0. The summed E-state index contributed by atoms with van der Waals surface area (Å²) in [5.41, 5.74) is 0.257. The predicted molar refractivity (Wildman–Crippen MR) is 48.3 cm³/mol. The first-order chi connectivity index (χ1) is 5.67. The van der Waals surface area contributed by atoms with Crippen molar-refractivity contribution in [2.45, 2.75) is 0 Å². The van der Waals surface area contributed by atoms with E-state index in [9.17, 15) is 4.79 Å². The van der Waals surface area contributed by atoms with Crippen molar-refractivity contribution in [3.63, 3.8) is 0 Å². The lowest BCUT2D eigenvalue weighted by Crippen LogP contribution is -2.22. The second kappa shape index (κ2) is 5.18. The number of carbonyl (C=O) groups is 1. The van der Waals surface area contributed by atoms with E-state index in [1.54, 1.807) is 11.0 Å². The van der Waals surface area contributed by atoms with Crippen LogP contribution in [0, 0.1) is 0 Å². The third-order valence-electron chi connectivity index (χ3n) is 1.31. The number of ether oxygens (including phenoxy) is 1. The summed E-state index contributed by atoms with van der Waals surface area (Å²) in [4.78, 5) is 12.5. The molecule has 3 heteroatoms. The Bertz CT molecular complexity index is 209. The van der Waals surface area contributed by atoms with Gasteiger partial charge in [-0.15, -0.1) is 6.58 Å². The molecule has 0 aromatic rings. The zero-order valence-electron chi connectivity index (χ0n) is 7.25. The van der Waals surface area contributed by atoms with Crippen LogP contribution >= 0.6 is 0 Å². The quantitative estimate of drug-likeness (QED) is 0.351. The molecule has 0 fully saturated rings. The van der Waals surface area contributed by atoms with Crippen LogP contribution < -0.4 is 0 Å². The SMILES string of the molecule is C=CCN(C=C)C(=C)C(=O)OC. The van der Waals surface area contributed by atoms with E-state index in [-0.39, 0.29) is 5.70 Å². The topological polar surface area (TPSA) is 29.5 Å². The average Bonchev–Trinajstić information content (AvgIpc) is 2.11. The van der Waals surface area contributed by atoms with Gasteiger partial charge in [0.15, 0.2) is 0 Å². The summed E-state index contributed by atoms with van der Waals surface area (Å²) < 4.78 is 4.48. The molecule has 0 bridgehead atoms. The minimum Gasteiger partial charge on any atom is -0.464 e. The maximum absolute atomic E-state index is 10.9. The largest absolute Gasteiger partial charge is 0.464 e. The Balaban J connectivity index is 4.30. The number of nitrogens with zero attached hydrogens (tertiary/aromatic N) is 1. The third kappa shape index (κ3) is 2.62. The van der Waals surface area contributed by atoms with Crippen LogP contribution in [0.5, 0.6) is 0 Å². The molecule has 0 unspecified atom stereocenters. The molecule has 0 aromatic carbocycles. The van der Waals surface area contributed by atoms with Gasteiger partial charge in [-0.05, 0) is 6.20 Å². The highest BCUT2D eigenvalue weighted by Gasteiger charge is 2.10. The normalized spacial score (nSPS) is 8.42. The van der Waals surface area contributed by atoms with Gasteiger partial charge in [-0.2, -0.15) is 0 Å². The fourth-order valence-corrected chi connectivity index (χ4v) is 0.669. The van der Waals surface area contributed by atoms with Crippen molar-refractivity contribution in [2.24, 2.45) is 0 Å². The van der Waals surface area contributed by atoms with E-state index in [0.29, 0.717) is 6.54 Å². The molecule has 0 N–H and O–H groups in total. The second-order valence-corrected chi connectivity index (χ2v) is 2.06. The van der Waals surface area contributed by atoms with Crippen LogP contribution in [-0.4, -0.2) is 24.5 Å². The van der Waals surface area contributed by atoms with E-state index in [2.05, 4.69) is 24.5 Å². The lowest BCUT2D eigenvalue weighted by Gasteiger charge is -2.17. The molecule has 0 rings (SSSR count). The number of esters is 1. The molecule has 0 heterocycles. The molecule has 0 spiro atoms. The van der Waals surface area contributed by atoms with E-state index < -0.39 is 5.97 Å². The molecular weight excluding hydrogens is 154 g/mol. The van der Waals surface area contributed by atoms with Crippen LogP contribution in [0.1, 0.15) is 0 Å². The number of methoxy groups -OCH3 is 1. The minimum absolute atomic E-state index is 0.257. The van der Waals surface area contributed by atoms with Crippen molar-refractivity contribution in [1.29, 1.82) is 0 Å². The zero-order chi connectivity index (χ0) is 9.56. The van der Waals surface area contributed by atoms with Gasteiger partial charge in [-0.1, -0.05) is 19.2 Å². The smallest absolute Gasteiger partial charge is 0.354 e. The fraction of sp³-hybridized carbons (Fsp3) is 0.222. The lowest BCUT2D eigenvalue weighted by molar-refractivity contribution is -0.137. The van der Waals surface area contributed by atoms with Gasteiger partial charge >= 0.3 is 5.97 Å². The summed E-state index contributed by atoms with van der Waals surface area (Å²) in [6.07, 6.45) is 3.15. The van der Waals surface area contributed by atoms with Gasteiger partial charge in [0.25, 0.3) is 0 Å². The molecule has 0 saturated heterocycles. The summed E-state index contributed by atoms with van der Waals surface area (Å²) in [6.45, 7) is 11.1. The molecule has 3 nitrogen and oxygen atoms in total. The molecule has 0 aliphatic heterocycles. The summed E-state index contributed by atoms with van der Waals surface area (Å²) in [5.74, 6) is -0.461. The number of hydrogen-bond acceptors (Lipinski definition) is 3. The van der Waals surface area contributed by atoms with Gasteiger partial charge in [0.1, 0.15) is 5.70 Å². The fourth-order valence-electron chi connectivity index (χ4n) is 0.669. The van der Waals surface area contributed by atoms with E-state index in [1.165, 1.54) is 13.3 Å². The predicted octanol–water partition coefficient (Wildman–Crippen LogP) is 1.30. The molecule has 0 aromatic heterocycles. The van der Waals surface area contributed by atoms with Crippen LogP contribution in [0.4, 0.5) is 0 Å². The first kappa shape index (κ1) is 10.5. The van der Waals surface area contributed by atoms with Gasteiger partial charge in [0.2, 0.25) is 0 Å². The highest BCUT2D eigenvalue weighted by molar-refractivity contribution is 5.87. The van der Waals surface area contributed by atoms with Gasteiger partial charge < -0.3 is 9.64 Å². The van der Waals surface area contributed by atoms with Crippen molar-refractivity contribution < 1.29 is 9.53 Å². The van der Waals surface area contributed by atoms with Crippen molar-refractivity contribution in [3.05, 3.63) is 37.7 Å². The van der Waals surface area contributed by atoms with Crippen LogP contribution in [-0.2, 0) is 9.53 Å². The molecule has 0 aliphatic carbocycles. The van der Waals surface area contributed by atoms with E-state index in [0.717, 1.165) is 0 Å². The number of carbonyl (C=O) groups excluding carboxylic acids is 1. The Kier molecular flexibility index (Phi) is 4.53. The Morgan fingerprint density at radius 1 is 1.58 bits per heavy atom. The van der Waals surface area contributed by atoms with Crippen LogP contribution in [0.25, 0.3) is 0 Å². The van der Waals surface area contributed by atoms with Crippen LogP contribution in [0.2, 0.25) is 0 Å². The zero-order valence-corrected chi connectivity index (χ0v) is 7.25. The lowest BCUT2D eigenvalue weighted by atomic mass is 10.4. The van der Waals surface area contributed by atoms with E-state index in [1.807, 2.05) is 0 Å². The standard InChI is InChI=1S/C9H13NO2/c1-5-7-10(6-2)8(3)9(11)12-4/h5-6H,1-3,7H2,4H3. The van der Waals surface area contributed by atoms with Gasteiger partial charge in [-0.25, -0.2) is 4.79 Å². The highest BCUT2D eigenvalue weighted by Crippen LogP contribution is 2.03.